The van der Waals surface area contributed by atoms with Crippen LogP contribution in [0.5, 0.6) is 5.75 Å². The average molecular weight is 415 g/mol. The van der Waals surface area contributed by atoms with Crippen LogP contribution in [-0.2, 0) is 17.9 Å². The summed E-state index contributed by atoms with van der Waals surface area (Å²) < 4.78 is 7.61. The Labute approximate surface area is 169 Å². The molecule has 4 aromatic rings. The van der Waals surface area contributed by atoms with E-state index in [0.29, 0.717) is 21.4 Å². The summed E-state index contributed by atoms with van der Waals surface area (Å²) in [4.78, 5) is 27.5. The van der Waals surface area contributed by atoms with Crippen LogP contribution in [0.3, 0.4) is 0 Å². The van der Waals surface area contributed by atoms with Gasteiger partial charge in [-0.3, -0.25) is 14.7 Å². The van der Waals surface area contributed by atoms with Crippen molar-refractivity contribution in [1.29, 1.82) is 0 Å². The SMILES string of the molecule is COc1ccc(Cl)c2sc(N(Cc3ccccn3)C(=O)Cn3cncn3)nc12. The fourth-order valence-corrected chi connectivity index (χ4v) is 3.95. The van der Waals surface area contributed by atoms with Crippen molar-refractivity contribution in [3.05, 3.63) is 59.9 Å². The van der Waals surface area contributed by atoms with Gasteiger partial charge in [-0.1, -0.05) is 29.0 Å². The summed E-state index contributed by atoms with van der Waals surface area (Å²) in [5, 5.41) is 5.08. The van der Waals surface area contributed by atoms with Crippen LogP contribution in [0.1, 0.15) is 5.69 Å². The second-order valence-corrected chi connectivity index (χ2v) is 7.20. The van der Waals surface area contributed by atoms with Crippen LogP contribution in [0.15, 0.2) is 49.2 Å². The van der Waals surface area contributed by atoms with Gasteiger partial charge < -0.3 is 4.74 Å². The molecule has 1 aromatic carbocycles. The van der Waals surface area contributed by atoms with Gasteiger partial charge in [0.2, 0.25) is 0 Å². The number of carbonyl (C=O) groups is 1. The summed E-state index contributed by atoms with van der Waals surface area (Å²) in [7, 11) is 1.57. The first-order valence-corrected chi connectivity index (χ1v) is 9.51. The predicted molar refractivity (Wildman–Crippen MR) is 107 cm³/mol. The molecule has 0 radical (unpaired) electrons. The number of rotatable bonds is 6. The maximum atomic E-state index is 13.0. The van der Waals surface area contributed by atoms with Gasteiger partial charge in [0.05, 0.1) is 29.1 Å². The molecule has 0 saturated carbocycles. The molecular formula is C18H15ClN6O2S. The molecule has 10 heteroatoms. The van der Waals surface area contributed by atoms with E-state index in [1.165, 1.54) is 28.7 Å². The van der Waals surface area contributed by atoms with E-state index in [-0.39, 0.29) is 19.0 Å². The highest BCUT2D eigenvalue weighted by molar-refractivity contribution is 7.23. The monoisotopic (exact) mass is 414 g/mol. The van der Waals surface area contributed by atoms with E-state index < -0.39 is 0 Å². The van der Waals surface area contributed by atoms with E-state index in [0.717, 1.165) is 10.4 Å². The second-order valence-electron chi connectivity index (χ2n) is 5.82. The smallest absolute Gasteiger partial charge is 0.250 e. The first-order chi connectivity index (χ1) is 13.7. The van der Waals surface area contributed by atoms with Crippen molar-refractivity contribution in [3.8, 4) is 5.75 Å². The molecular weight excluding hydrogens is 400 g/mol. The van der Waals surface area contributed by atoms with Crippen molar-refractivity contribution in [2.24, 2.45) is 0 Å². The number of anilines is 1. The van der Waals surface area contributed by atoms with Crippen LogP contribution in [0.25, 0.3) is 10.2 Å². The summed E-state index contributed by atoms with van der Waals surface area (Å²) in [6.07, 6.45) is 4.57. The maximum absolute atomic E-state index is 13.0. The van der Waals surface area contributed by atoms with Gasteiger partial charge in [0.25, 0.3) is 5.91 Å². The fourth-order valence-electron chi connectivity index (χ4n) is 2.68. The Bertz CT molecular complexity index is 1100. The molecule has 28 heavy (non-hydrogen) atoms. The van der Waals surface area contributed by atoms with Crippen molar-refractivity contribution in [3.63, 3.8) is 0 Å². The lowest BCUT2D eigenvalue weighted by Gasteiger charge is -2.19. The summed E-state index contributed by atoms with van der Waals surface area (Å²) in [6, 6.07) is 9.07. The van der Waals surface area contributed by atoms with Crippen molar-refractivity contribution in [1.82, 2.24) is 24.7 Å². The molecule has 3 aromatic heterocycles. The van der Waals surface area contributed by atoms with Crippen LogP contribution in [-0.4, -0.2) is 37.7 Å². The highest BCUT2D eigenvalue weighted by Crippen LogP contribution is 2.39. The second kappa shape index (κ2) is 7.91. The Kier molecular flexibility index (Phi) is 5.18. The molecule has 8 nitrogen and oxygen atoms in total. The number of hydrogen-bond acceptors (Lipinski definition) is 7. The number of ether oxygens (including phenoxy) is 1. The molecule has 4 rings (SSSR count). The van der Waals surface area contributed by atoms with Crippen LogP contribution >= 0.6 is 22.9 Å². The van der Waals surface area contributed by atoms with Crippen LogP contribution in [0.2, 0.25) is 5.02 Å². The van der Waals surface area contributed by atoms with E-state index in [1.807, 2.05) is 18.2 Å². The average Bonchev–Trinajstić information content (AvgIpc) is 3.37. The zero-order valence-electron chi connectivity index (χ0n) is 14.8. The fraction of sp³-hybridized carbons (Fsp3) is 0.167. The minimum Gasteiger partial charge on any atom is -0.494 e. The van der Waals surface area contributed by atoms with Gasteiger partial charge >= 0.3 is 0 Å². The van der Waals surface area contributed by atoms with Gasteiger partial charge in [-0.25, -0.2) is 14.6 Å². The largest absolute Gasteiger partial charge is 0.494 e. The van der Waals surface area contributed by atoms with Crippen molar-refractivity contribution in [2.45, 2.75) is 13.1 Å². The van der Waals surface area contributed by atoms with E-state index in [2.05, 4.69) is 20.1 Å². The van der Waals surface area contributed by atoms with Crippen molar-refractivity contribution < 1.29 is 9.53 Å². The topological polar surface area (TPSA) is 86.0 Å². The Balaban J connectivity index is 1.75. The molecule has 0 bridgehead atoms. The van der Waals surface area contributed by atoms with Gasteiger partial charge in [0.15, 0.2) is 5.13 Å². The zero-order valence-corrected chi connectivity index (χ0v) is 16.4. The quantitative estimate of drug-likeness (QED) is 0.481. The standard InChI is InChI=1S/C18H15ClN6O2S/c1-27-14-6-5-13(19)17-16(14)23-18(28-17)25(8-12-4-2-3-7-21-12)15(26)9-24-11-20-10-22-24/h2-7,10-11H,8-9H2,1H3. The maximum Gasteiger partial charge on any atom is 0.250 e. The lowest BCUT2D eigenvalue weighted by atomic mass is 10.3. The summed E-state index contributed by atoms with van der Waals surface area (Å²) >= 11 is 7.67. The third kappa shape index (κ3) is 3.67. The van der Waals surface area contributed by atoms with Gasteiger partial charge in [-0.05, 0) is 24.3 Å². The molecule has 0 fully saturated rings. The number of thiazole rings is 1. The lowest BCUT2D eigenvalue weighted by Crippen LogP contribution is -2.33. The van der Waals surface area contributed by atoms with Gasteiger partial charge in [-0.2, -0.15) is 5.10 Å². The van der Waals surface area contributed by atoms with Crippen LogP contribution in [0, 0.1) is 0 Å². The van der Waals surface area contributed by atoms with Crippen LogP contribution < -0.4 is 9.64 Å². The van der Waals surface area contributed by atoms with Gasteiger partial charge in [-0.15, -0.1) is 0 Å². The third-order valence-corrected chi connectivity index (χ3v) is 5.55. The number of benzene rings is 1. The van der Waals surface area contributed by atoms with Crippen LogP contribution in [0.4, 0.5) is 5.13 Å². The van der Waals surface area contributed by atoms with E-state index in [9.17, 15) is 4.79 Å². The minimum atomic E-state index is -0.190. The first kappa shape index (κ1) is 18.3. The number of halogens is 1. The van der Waals surface area contributed by atoms with Gasteiger partial charge in [0, 0.05) is 6.20 Å². The van der Waals surface area contributed by atoms with E-state index in [1.54, 1.807) is 30.3 Å². The molecule has 0 atom stereocenters. The number of hydrogen-bond donors (Lipinski definition) is 0. The third-order valence-electron chi connectivity index (χ3n) is 4.01. The summed E-state index contributed by atoms with van der Waals surface area (Å²) in [5.74, 6) is 0.411. The molecule has 1 amide bonds. The molecule has 0 spiro atoms. The molecule has 3 heterocycles. The number of aromatic nitrogens is 5. The predicted octanol–water partition coefficient (Wildman–Crippen LogP) is 3.18. The minimum absolute atomic E-state index is 0.0353. The van der Waals surface area contributed by atoms with Crippen molar-refractivity contribution >= 4 is 44.2 Å². The number of carbonyl (C=O) groups excluding carboxylic acids is 1. The molecule has 0 N–H and O–H groups in total. The number of amides is 1. The Morgan fingerprint density at radius 2 is 2.21 bits per heavy atom. The Morgan fingerprint density at radius 1 is 1.32 bits per heavy atom. The van der Waals surface area contributed by atoms with E-state index >= 15 is 0 Å². The first-order valence-electron chi connectivity index (χ1n) is 8.31. The number of methoxy groups -OCH3 is 1. The number of fused-ring (bicyclic) bond motifs is 1. The normalized spacial score (nSPS) is 10.9. The zero-order chi connectivity index (χ0) is 19.5. The van der Waals surface area contributed by atoms with Crippen molar-refractivity contribution in [2.75, 3.05) is 12.0 Å². The number of nitrogens with zero attached hydrogens (tertiary/aromatic N) is 6. The molecule has 0 aliphatic heterocycles. The van der Waals surface area contributed by atoms with E-state index in [4.69, 9.17) is 16.3 Å². The number of pyridine rings is 1. The highest BCUT2D eigenvalue weighted by atomic mass is 35.5. The summed E-state index contributed by atoms with van der Waals surface area (Å²) in [6.45, 7) is 0.307. The lowest BCUT2D eigenvalue weighted by molar-refractivity contribution is -0.119. The Morgan fingerprint density at radius 3 is 2.93 bits per heavy atom. The Hall–Kier alpha value is -3.04. The molecule has 0 aliphatic rings. The molecule has 0 saturated heterocycles. The molecule has 0 aliphatic carbocycles. The highest BCUT2D eigenvalue weighted by Gasteiger charge is 2.23. The summed E-state index contributed by atoms with van der Waals surface area (Å²) in [5.41, 5.74) is 1.36. The molecule has 142 valence electrons. The van der Waals surface area contributed by atoms with Gasteiger partial charge in [0.1, 0.15) is 30.5 Å². The molecule has 0 unspecified atom stereocenters.